The lowest BCUT2D eigenvalue weighted by molar-refractivity contribution is 0.465. The molecular formula is C13H20N4O3S. The predicted molar refractivity (Wildman–Crippen MR) is 81.5 cm³/mol. The fourth-order valence-corrected chi connectivity index (χ4v) is 3.52. The number of H-pyrrole nitrogens is 2. The van der Waals surface area contributed by atoms with Crippen LogP contribution < -0.4 is 16.1 Å². The summed E-state index contributed by atoms with van der Waals surface area (Å²) in [6.45, 7) is 4.25. The molecule has 116 valence electrons. The summed E-state index contributed by atoms with van der Waals surface area (Å²) in [5, 5.41) is 0. The van der Waals surface area contributed by atoms with Gasteiger partial charge in [-0.15, -0.1) is 0 Å². The first kappa shape index (κ1) is 15.7. The van der Waals surface area contributed by atoms with Crippen LogP contribution >= 0.6 is 0 Å². The Balaban J connectivity index is 2.29. The SMILES string of the molecule is CC(C)CC(CN)NS(=O)(=O)c1ccc2[nH]c(=O)[nH]c2c1. The maximum Gasteiger partial charge on any atom is 0.323 e. The molecule has 0 saturated heterocycles. The van der Waals surface area contributed by atoms with Gasteiger partial charge in [-0.05, 0) is 30.5 Å². The Kier molecular flexibility index (Phi) is 4.50. The molecule has 0 bridgehead atoms. The van der Waals surface area contributed by atoms with Gasteiger partial charge in [-0.1, -0.05) is 13.8 Å². The molecule has 1 unspecified atom stereocenters. The van der Waals surface area contributed by atoms with Gasteiger partial charge in [0.1, 0.15) is 0 Å². The number of nitrogens with one attached hydrogen (secondary N) is 3. The molecule has 0 radical (unpaired) electrons. The minimum absolute atomic E-state index is 0.104. The van der Waals surface area contributed by atoms with Gasteiger partial charge in [0, 0.05) is 12.6 Å². The van der Waals surface area contributed by atoms with Crippen LogP contribution in [0, 0.1) is 5.92 Å². The lowest BCUT2D eigenvalue weighted by Crippen LogP contribution is -2.40. The third-order valence-corrected chi connectivity index (χ3v) is 4.68. The summed E-state index contributed by atoms with van der Waals surface area (Å²) in [5.74, 6) is 0.338. The summed E-state index contributed by atoms with van der Waals surface area (Å²) in [6, 6.07) is 4.13. The Labute approximate surface area is 123 Å². The molecular weight excluding hydrogens is 292 g/mol. The van der Waals surface area contributed by atoms with Crippen molar-refractivity contribution in [1.82, 2.24) is 14.7 Å². The molecule has 0 amide bonds. The average Bonchev–Trinajstić information content (AvgIpc) is 2.76. The van der Waals surface area contributed by atoms with Crippen molar-refractivity contribution in [2.75, 3.05) is 6.54 Å². The highest BCUT2D eigenvalue weighted by Crippen LogP contribution is 2.16. The van der Waals surface area contributed by atoms with Gasteiger partial charge in [-0.3, -0.25) is 0 Å². The van der Waals surface area contributed by atoms with Crippen LogP contribution in [0.5, 0.6) is 0 Å². The van der Waals surface area contributed by atoms with Crippen LogP contribution in [0.1, 0.15) is 20.3 Å². The second-order valence-corrected chi connectivity index (χ2v) is 7.18. The molecule has 0 aliphatic carbocycles. The molecule has 2 aromatic rings. The van der Waals surface area contributed by atoms with Gasteiger partial charge in [0.25, 0.3) is 0 Å². The van der Waals surface area contributed by atoms with E-state index in [0.717, 1.165) is 0 Å². The molecule has 7 nitrogen and oxygen atoms in total. The van der Waals surface area contributed by atoms with E-state index in [1.165, 1.54) is 12.1 Å². The third kappa shape index (κ3) is 3.72. The van der Waals surface area contributed by atoms with E-state index < -0.39 is 10.0 Å². The summed E-state index contributed by atoms with van der Waals surface area (Å²) in [7, 11) is -3.67. The van der Waals surface area contributed by atoms with E-state index in [-0.39, 0.29) is 23.2 Å². The van der Waals surface area contributed by atoms with E-state index >= 15 is 0 Å². The average molecular weight is 312 g/mol. The lowest BCUT2D eigenvalue weighted by Gasteiger charge is -2.18. The molecule has 5 N–H and O–H groups in total. The van der Waals surface area contributed by atoms with Gasteiger partial charge < -0.3 is 15.7 Å². The van der Waals surface area contributed by atoms with Gasteiger partial charge in [-0.25, -0.2) is 17.9 Å². The van der Waals surface area contributed by atoms with Crippen LogP contribution in [0.3, 0.4) is 0 Å². The Hall–Kier alpha value is -1.64. The maximum absolute atomic E-state index is 12.4. The van der Waals surface area contributed by atoms with Crippen molar-refractivity contribution in [2.45, 2.75) is 31.2 Å². The van der Waals surface area contributed by atoms with E-state index in [2.05, 4.69) is 14.7 Å². The first-order valence-corrected chi connectivity index (χ1v) is 8.24. The van der Waals surface area contributed by atoms with E-state index in [9.17, 15) is 13.2 Å². The van der Waals surface area contributed by atoms with Gasteiger partial charge in [0.15, 0.2) is 0 Å². The van der Waals surface area contributed by atoms with Crippen LogP contribution in [0.15, 0.2) is 27.9 Å². The Morgan fingerprint density at radius 3 is 2.52 bits per heavy atom. The van der Waals surface area contributed by atoms with E-state index in [4.69, 9.17) is 5.73 Å². The fourth-order valence-electron chi connectivity index (χ4n) is 2.23. The zero-order chi connectivity index (χ0) is 15.6. The van der Waals surface area contributed by atoms with Crippen LogP contribution in [0.2, 0.25) is 0 Å². The minimum Gasteiger partial charge on any atom is -0.329 e. The third-order valence-electron chi connectivity index (χ3n) is 3.16. The standard InChI is InChI=1S/C13H20N4O3S/c1-8(2)5-9(7-14)17-21(19,20)10-3-4-11-12(6-10)16-13(18)15-11/h3-4,6,8-9,17H,5,7,14H2,1-2H3,(H2,15,16,18). The maximum atomic E-state index is 12.4. The van der Waals surface area contributed by atoms with Crippen molar-refractivity contribution in [1.29, 1.82) is 0 Å². The number of nitrogens with two attached hydrogens (primary N) is 1. The van der Waals surface area contributed by atoms with Crippen LogP contribution in [0.25, 0.3) is 11.0 Å². The van der Waals surface area contributed by atoms with Crippen molar-refractivity contribution >= 4 is 21.1 Å². The first-order valence-electron chi connectivity index (χ1n) is 6.76. The Morgan fingerprint density at radius 2 is 1.90 bits per heavy atom. The quantitative estimate of drug-likeness (QED) is 0.621. The van der Waals surface area contributed by atoms with Crippen molar-refractivity contribution < 1.29 is 8.42 Å². The monoisotopic (exact) mass is 312 g/mol. The van der Waals surface area contributed by atoms with E-state index in [0.29, 0.717) is 23.4 Å². The summed E-state index contributed by atoms with van der Waals surface area (Å²) in [4.78, 5) is 16.4. The molecule has 2 rings (SSSR count). The number of fused-ring (bicyclic) bond motifs is 1. The van der Waals surface area contributed by atoms with Crippen LogP contribution in [0.4, 0.5) is 0 Å². The van der Waals surface area contributed by atoms with Crippen molar-refractivity contribution in [3.8, 4) is 0 Å². The molecule has 8 heteroatoms. The smallest absolute Gasteiger partial charge is 0.323 e. The van der Waals surface area contributed by atoms with Crippen molar-refractivity contribution in [3.63, 3.8) is 0 Å². The van der Waals surface area contributed by atoms with E-state index in [1.807, 2.05) is 13.8 Å². The molecule has 21 heavy (non-hydrogen) atoms. The second kappa shape index (κ2) is 6.00. The van der Waals surface area contributed by atoms with Gasteiger partial charge in [0.05, 0.1) is 15.9 Å². The highest BCUT2D eigenvalue weighted by molar-refractivity contribution is 7.89. The molecule has 0 fully saturated rings. The summed E-state index contributed by atoms with van der Waals surface area (Å²) in [5.41, 5.74) is 6.27. The number of aromatic nitrogens is 2. The molecule has 0 aliphatic heterocycles. The topological polar surface area (TPSA) is 121 Å². The largest absolute Gasteiger partial charge is 0.329 e. The highest BCUT2D eigenvalue weighted by Gasteiger charge is 2.20. The molecule has 1 aromatic heterocycles. The van der Waals surface area contributed by atoms with Crippen molar-refractivity contribution in [3.05, 3.63) is 28.7 Å². The fraction of sp³-hybridized carbons (Fsp3) is 0.462. The Bertz CT molecular complexity index is 776. The number of aromatic amines is 2. The van der Waals surface area contributed by atoms with Gasteiger partial charge in [0.2, 0.25) is 10.0 Å². The lowest BCUT2D eigenvalue weighted by atomic mass is 10.1. The first-order chi connectivity index (χ1) is 9.81. The predicted octanol–water partition coefficient (Wildman–Crippen LogP) is 0.508. The molecule has 0 saturated carbocycles. The number of benzene rings is 1. The molecule has 1 heterocycles. The van der Waals surface area contributed by atoms with Crippen molar-refractivity contribution in [2.24, 2.45) is 11.7 Å². The molecule has 0 aliphatic rings. The molecule has 1 atom stereocenters. The summed E-state index contributed by atoms with van der Waals surface area (Å²) < 4.78 is 27.3. The number of sulfonamides is 1. The summed E-state index contributed by atoms with van der Waals surface area (Å²) in [6.07, 6.45) is 0.666. The minimum atomic E-state index is -3.67. The molecule has 1 aromatic carbocycles. The zero-order valence-electron chi connectivity index (χ0n) is 12.0. The summed E-state index contributed by atoms with van der Waals surface area (Å²) >= 11 is 0. The van der Waals surface area contributed by atoms with E-state index in [1.54, 1.807) is 6.07 Å². The van der Waals surface area contributed by atoms with Gasteiger partial charge in [-0.2, -0.15) is 0 Å². The van der Waals surface area contributed by atoms with Gasteiger partial charge >= 0.3 is 5.69 Å². The zero-order valence-corrected chi connectivity index (χ0v) is 12.8. The highest BCUT2D eigenvalue weighted by atomic mass is 32.2. The van der Waals surface area contributed by atoms with Crippen LogP contribution in [-0.4, -0.2) is 31.0 Å². The molecule has 0 spiro atoms. The number of hydrogen-bond acceptors (Lipinski definition) is 4. The normalized spacial score (nSPS) is 13.9. The number of imidazole rings is 1. The van der Waals surface area contributed by atoms with Crippen LogP contribution in [-0.2, 0) is 10.0 Å². The number of hydrogen-bond donors (Lipinski definition) is 4. The Morgan fingerprint density at radius 1 is 1.24 bits per heavy atom. The number of rotatable bonds is 6. The second-order valence-electron chi connectivity index (χ2n) is 5.47.